The fraction of sp³-hybridized carbons (Fsp3) is 0.500. The Kier molecular flexibility index (Phi) is 6.59. The van der Waals surface area contributed by atoms with E-state index in [1.165, 1.54) is 28.7 Å². The van der Waals surface area contributed by atoms with Gasteiger partial charge in [-0.1, -0.05) is 23.7 Å². The van der Waals surface area contributed by atoms with E-state index in [9.17, 15) is 13.2 Å². The van der Waals surface area contributed by atoms with Crippen molar-refractivity contribution in [3.8, 4) is 5.75 Å². The highest BCUT2D eigenvalue weighted by Gasteiger charge is 2.44. The summed E-state index contributed by atoms with van der Waals surface area (Å²) in [4.78, 5) is 15.5. The van der Waals surface area contributed by atoms with Crippen LogP contribution in [0.15, 0.2) is 27.3 Å². The maximum Gasteiger partial charge on any atom is 0.265 e. The lowest BCUT2D eigenvalue weighted by atomic mass is 9.74. The van der Waals surface area contributed by atoms with Crippen LogP contribution < -0.4 is 10.5 Å². The van der Waals surface area contributed by atoms with E-state index in [1.807, 2.05) is 12.1 Å². The lowest BCUT2D eigenvalue weighted by Crippen LogP contribution is -2.46. The number of fused-ring (bicyclic) bond motifs is 2. The van der Waals surface area contributed by atoms with E-state index in [0.29, 0.717) is 35.3 Å². The summed E-state index contributed by atoms with van der Waals surface area (Å²) in [5.74, 6) is 0.696. The minimum Gasteiger partial charge on any atom is -0.492 e. The number of carbonyl (C=O) groups excluding carboxylic acids is 1. The zero-order valence-corrected chi connectivity index (χ0v) is 21.5. The minimum absolute atomic E-state index is 0.0560. The SMILES string of the molecule is CSc1sc(C(=O)N2CCC3(CC2)COc2ccc(CN)cc23)c(Cl)c1S(=O)(=O)C(C)C. The molecule has 2 N–H and O–H groups in total. The molecule has 2 aliphatic rings. The summed E-state index contributed by atoms with van der Waals surface area (Å²) >= 11 is 8.99. The van der Waals surface area contributed by atoms with Gasteiger partial charge in [0.15, 0.2) is 9.84 Å². The van der Waals surface area contributed by atoms with E-state index in [0.717, 1.165) is 24.2 Å². The molecule has 1 saturated heterocycles. The third kappa shape index (κ3) is 3.86. The highest BCUT2D eigenvalue weighted by atomic mass is 35.5. The Hall–Kier alpha value is -1.26. The number of hydrogen-bond acceptors (Lipinski definition) is 7. The number of thiophene rings is 1. The number of thioether (sulfide) groups is 1. The number of likely N-dealkylation sites (tertiary alicyclic amines) is 1. The second-order valence-corrected chi connectivity index (χ2v) is 13.5. The molecule has 0 bridgehead atoms. The van der Waals surface area contributed by atoms with Gasteiger partial charge in [-0.25, -0.2) is 8.42 Å². The van der Waals surface area contributed by atoms with E-state index < -0.39 is 15.1 Å². The molecule has 0 atom stereocenters. The molecule has 0 saturated carbocycles. The van der Waals surface area contributed by atoms with Gasteiger partial charge in [0.25, 0.3) is 5.91 Å². The molecule has 1 aromatic heterocycles. The van der Waals surface area contributed by atoms with Crippen LogP contribution in [-0.4, -0.2) is 50.4 Å². The molecule has 1 aromatic carbocycles. The lowest BCUT2D eigenvalue weighted by molar-refractivity contribution is 0.0651. The van der Waals surface area contributed by atoms with Crippen molar-refractivity contribution in [1.29, 1.82) is 0 Å². The number of piperidine rings is 1. The van der Waals surface area contributed by atoms with Crippen molar-refractivity contribution in [3.63, 3.8) is 0 Å². The zero-order valence-electron chi connectivity index (χ0n) is 18.3. The van der Waals surface area contributed by atoms with Crippen LogP contribution in [0.3, 0.4) is 0 Å². The van der Waals surface area contributed by atoms with Crippen LogP contribution in [0.25, 0.3) is 0 Å². The molecule has 0 aliphatic carbocycles. The third-order valence-corrected chi connectivity index (χ3v) is 11.8. The fourth-order valence-corrected chi connectivity index (χ4v) is 8.94. The molecule has 174 valence electrons. The molecular formula is C22H27ClN2O4S3. The summed E-state index contributed by atoms with van der Waals surface area (Å²) in [7, 11) is -3.59. The number of ether oxygens (including phenoxy) is 1. The summed E-state index contributed by atoms with van der Waals surface area (Å²) in [5, 5.41) is -0.556. The maximum atomic E-state index is 13.3. The predicted molar refractivity (Wildman–Crippen MR) is 130 cm³/mol. The first-order chi connectivity index (χ1) is 15.1. The molecule has 1 spiro atoms. The van der Waals surface area contributed by atoms with Crippen molar-refractivity contribution >= 4 is 50.4 Å². The van der Waals surface area contributed by atoms with Gasteiger partial charge in [0.1, 0.15) is 15.5 Å². The Morgan fingerprint density at radius 2 is 2.03 bits per heavy atom. The average Bonchev–Trinajstić information content (AvgIpc) is 3.31. The van der Waals surface area contributed by atoms with E-state index >= 15 is 0 Å². The number of rotatable bonds is 5. The summed E-state index contributed by atoms with van der Waals surface area (Å²) in [6.07, 6.45) is 3.35. The van der Waals surface area contributed by atoms with Gasteiger partial charge in [-0.3, -0.25) is 4.79 Å². The van der Waals surface area contributed by atoms with Gasteiger partial charge in [0.05, 0.1) is 21.1 Å². The van der Waals surface area contributed by atoms with Crippen molar-refractivity contribution in [2.75, 3.05) is 26.0 Å². The Morgan fingerprint density at radius 1 is 1.34 bits per heavy atom. The smallest absolute Gasteiger partial charge is 0.265 e. The van der Waals surface area contributed by atoms with E-state index in [4.69, 9.17) is 22.1 Å². The maximum absolute atomic E-state index is 13.3. The quantitative estimate of drug-likeness (QED) is 0.597. The van der Waals surface area contributed by atoms with Crippen molar-refractivity contribution in [2.24, 2.45) is 5.73 Å². The molecule has 1 amide bonds. The van der Waals surface area contributed by atoms with Gasteiger partial charge >= 0.3 is 0 Å². The van der Waals surface area contributed by atoms with E-state index in [-0.39, 0.29) is 21.2 Å². The van der Waals surface area contributed by atoms with Crippen LogP contribution in [0.4, 0.5) is 0 Å². The largest absolute Gasteiger partial charge is 0.492 e. The number of sulfone groups is 1. The van der Waals surface area contributed by atoms with Gasteiger partial charge in [-0.05, 0) is 44.6 Å². The number of halogens is 1. The Labute approximate surface area is 202 Å². The van der Waals surface area contributed by atoms with Crippen molar-refractivity contribution in [3.05, 3.63) is 39.2 Å². The Morgan fingerprint density at radius 3 is 2.62 bits per heavy atom. The number of nitrogens with two attached hydrogens (primary N) is 1. The first-order valence-electron chi connectivity index (χ1n) is 10.5. The first kappa shape index (κ1) is 23.9. The van der Waals surface area contributed by atoms with Gasteiger partial charge in [0, 0.05) is 30.6 Å². The standard InChI is InChI=1S/C22H27ClN2O4S3/c1-13(2)32(27,28)19-17(23)18(31-21(19)30-3)20(26)25-8-6-22(7-9-25)12-29-16-5-4-14(11-24)10-15(16)22/h4-5,10,13H,6-9,11-12,24H2,1-3H3. The van der Waals surface area contributed by atoms with Gasteiger partial charge in [-0.15, -0.1) is 23.1 Å². The third-order valence-electron chi connectivity index (χ3n) is 6.43. The second-order valence-electron chi connectivity index (χ2n) is 8.56. The number of benzene rings is 1. The van der Waals surface area contributed by atoms with Crippen LogP contribution in [0, 0.1) is 0 Å². The highest BCUT2D eigenvalue weighted by Crippen LogP contribution is 2.47. The number of nitrogens with zero attached hydrogens (tertiary/aromatic N) is 1. The normalized spacial score (nSPS) is 17.6. The zero-order chi connectivity index (χ0) is 23.3. The molecule has 2 aliphatic heterocycles. The van der Waals surface area contributed by atoms with Crippen LogP contribution >= 0.6 is 34.7 Å². The lowest BCUT2D eigenvalue weighted by Gasteiger charge is -2.38. The first-order valence-corrected chi connectivity index (χ1v) is 14.5. The van der Waals surface area contributed by atoms with Crippen molar-refractivity contribution in [2.45, 2.75) is 53.0 Å². The topological polar surface area (TPSA) is 89.7 Å². The predicted octanol–water partition coefficient (Wildman–Crippen LogP) is 4.33. The molecule has 0 unspecified atom stereocenters. The van der Waals surface area contributed by atoms with Gasteiger partial charge in [0.2, 0.25) is 0 Å². The number of carbonyl (C=O) groups is 1. The summed E-state index contributed by atoms with van der Waals surface area (Å²) in [6, 6.07) is 6.10. The van der Waals surface area contributed by atoms with Gasteiger partial charge < -0.3 is 15.4 Å². The van der Waals surface area contributed by atoms with E-state index in [2.05, 4.69) is 6.07 Å². The molecule has 0 radical (unpaired) electrons. The number of hydrogen-bond donors (Lipinski definition) is 1. The molecule has 4 rings (SSSR count). The summed E-state index contributed by atoms with van der Waals surface area (Å²) in [5.41, 5.74) is 7.96. The highest BCUT2D eigenvalue weighted by molar-refractivity contribution is 8.01. The molecule has 10 heteroatoms. The molecule has 1 fully saturated rings. The molecule has 2 aromatic rings. The second kappa shape index (κ2) is 8.83. The van der Waals surface area contributed by atoms with Crippen molar-refractivity contribution < 1.29 is 17.9 Å². The van der Waals surface area contributed by atoms with Crippen LogP contribution in [0.1, 0.15) is 47.5 Å². The van der Waals surface area contributed by atoms with Crippen LogP contribution in [0.5, 0.6) is 5.75 Å². The molecule has 6 nitrogen and oxygen atoms in total. The summed E-state index contributed by atoms with van der Waals surface area (Å²) in [6.45, 7) is 5.44. The fourth-order valence-electron chi connectivity index (χ4n) is 4.36. The average molecular weight is 515 g/mol. The summed E-state index contributed by atoms with van der Waals surface area (Å²) < 4.78 is 32.2. The van der Waals surface area contributed by atoms with Crippen LogP contribution in [0.2, 0.25) is 5.02 Å². The molecule has 32 heavy (non-hydrogen) atoms. The molecular weight excluding hydrogens is 488 g/mol. The Balaban J connectivity index is 1.58. The van der Waals surface area contributed by atoms with Crippen molar-refractivity contribution in [1.82, 2.24) is 4.90 Å². The Bertz CT molecular complexity index is 1150. The van der Waals surface area contributed by atoms with E-state index in [1.54, 1.807) is 25.0 Å². The van der Waals surface area contributed by atoms with Crippen LogP contribution in [-0.2, 0) is 21.8 Å². The van der Waals surface area contributed by atoms with Gasteiger partial charge in [-0.2, -0.15) is 0 Å². The molecule has 3 heterocycles. The number of amides is 1. The monoisotopic (exact) mass is 514 g/mol. The minimum atomic E-state index is -3.59.